The van der Waals surface area contributed by atoms with Gasteiger partial charge in [0.15, 0.2) is 0 Å². The van der Waals surface area contributed by atoms with Gasteiger partial charge in [0, 0.05) is 43.6 Å². The minimum absolute atomic E-state index is 0.130. The van der Waals surface area contributed by atoms with E-state index in [0.717, 1.165) is 16.6 Å². The van der Waals surface area contributed by atoms with Gasteiger partial charge in [-0.3, -0.25) is 19.7 Å². The zero-order chi connectivity index (χ0) is 20.1. The Hall–Kier alpha value is -3.46. The molecule has 0 saturated heterocycles. The number of amides is 2. The number of nitrogens with zero attached hydrogens (tertiary/aromatic N) is 3. The highest BCUT2D eigenvalue weighted by Gasteiger charge is 2.17. The van der Waals surface area contributed by atoms with E-state index in [4.69, 9.17) is 0 Å². The second-order valence-corrected chi connectivity index (χ2v) is 6.52. The van der Waals surface area contributed by atoms with E-state index in [1.807, 2.05) is 18.2 Å². The molecular formula is C19H22N6O3. The molecule has 9 heteroatoms. The average Bonchev–Trinajstić information content (AvgIpc) is 3.15. The molecule has 0 aliphatic rings. The van der Waals surface area contributed by atoms with Crippen LogP contribution in [0.15, 0.2) is 42.7 Å². The highest BCUT2D eigenvalue weighted by molar-refractivity contribution is 5.93. The van der Waals surface area contributed by atoms with Crippen LogP contribution in [0.5, 0.6) is 0 Å². The molecule has 0 fully saturated rings. The van der Waals surface area contributed by atoms with Gasteiger partial charge in [-0.05, 0) is 36.8 Å². The molecule has 28 heavy (non-hydrogen) atoms. The van der Waals surface area contributed by atoms with Crippen molar-refractivity contribution in [1.82, 2.24) is 25.4 Å². The molecule has 2 amide bonds. The van der Waals surface area contributed by atoms with Crippen LogP contribution in [0.2, 0.25) is 0 Å². The molecule has 3 aromatic rings. The summed E-state index contributed by atoms with van der Waals surface area (Å²) in [6.07, 6.45) is 2.26. The number of benzene rings is 1. The van der Waals surface area contributed by atoms with Crippen molar-refractivity contribution in [2.45, 2.75) is 12.5 Å². The van der Waals surface area contributed by atoms with Crippen molar-refractivity contribution in [2.75, 3.05) is 26.0 Å². The van der Waals surface area contributed by atoms with Gasteiger partial charge in [-0.15, -0.1) is 0 Å². The molecule has 1 atom stereocenters. The predicted molar refractivity (Wildman–Crippen MR) is 105 cm³/mol. The monoisotopic (exact) mass is 382 g/mol. The van der Waals surface area contributed by atoms with Gasteiger partial charge in [-0.1, -0.05) is 0 Å². The number of carbonyl (C=O) groups excluding carboxylic acids is 2. The molecule has 0 bridgehead atoms. The summed E-state index contributed by atoms with van der Waals surface area (Å²) in [7, 11) is 3.13. The molecule has 146 valence electrons. The molecule has 2 heterocycles. The topological polar surface area (TPSA) is 123 Å². The van der Waals surface area contributed by atoms with Crippen molar-refractivity contribution >= 4 is 34.1 Å². The Morgan fingerprint density at radius 3 is 2.79 bits per heavy atom. The first-order valence-corrected chi connectivity index (χ1v) is 8.77. The highest BCUT2D eigenvalue weighted by atomic mass is 16.3. The van der Waals surface area contributed by atoms with Crippen LogP contribution in [0.4, 0.5) is 11.4 Å². The molecule has 0 spiro atoms. The lowest BCUT2D eigenvalue weighted by Gasteiger charge is -2.15. The molecule has 0 unspecified atom stereocenters. The van der Waals surface area contributed by atoms with Gasteiger partial charge in [-0.2, -0.15) is 5.10 Å². The highest BCUT2D eigenvalue weighted by Crippen LogP contribution is 2.21. The number of aliphatic hydroxyl groups excluding tert-OH is 1. The van der Waals surface area contributed by atoms with Crippen molar-refractivity contribution in [2.24, 2.45) is 0 Å². The van der Waals surface area contributed by atoms with Gasteiger partial charge in [0.2, 0.25) is 0 Å². The number of aromatic nitrogens is 3. The second-order valence-electron chi connectivity index (χ2n) is 6.52. The molecule has 2 aromatic heterocycles. The van der Waals surface area contributed by atoms with Crippen LogP contribution in [0, 0.1) is 0 Å². The van der Waals surface area contributed by atoms with E-state index >= 15 is 0 Å². The first-order valence-electron chi connectivity index (χ1n) is 8.77. The SMILES string of the molecule is CN(C)C(=O)[C@H](O)CCNC(=O)c1cc(Nc2ccc3[nH]ncc3c2)ccn1. The van der Waals surface area contributed by atoms with E-state index in [2.05, 4.69) is 25.8 Å². The maximum atomic E-state index is 12.3. The van der Waals surface area contributed by atoms with Gasteiger partial charge in [0.05, 0.1) is 11.7 Å². The summed E-state index contributed by atoms with van der Waals surface area (Å²) >= 11 is 0. The summed E-state index contributed by atoms with van der Waals surface area (Å²) in [6, 6.07) is 9.16. The molecule has 0 saturated carbocycles. The van der Waals surface area contributed by atoms with E-state index < -0.39 is 12.0 Å². The quantitative estimate of drug-likeness (QED) is 0.488. The van der Waals surface area contributed by atoms with Crippen molar-refractivity contribution in [3.05, 3.63) is 48.4 Å². The minimum atomic E-state index is -1.14. The van der Waals surface area contributed by atoms with Crippen molar-refractivity contribution in [3.63, 3.8) is 0 Å². The van der Waals surface area contributed by atoms with Crippen LogP contribution in [0.25, 0.3) is 10.9 Å². The number of rotatable bonds is 7. The smallest absolute Gasteiger partial charge is 0.269 e. The fraction of sp³-hybridized carbons (Fsp3) is 0.263. The molecule has 9 nitrogen and oxygen atoms in total. The summed E-state index contributed by atoms with van der Waals surface area (Å²) in [5, 5.41) is 23.5. The number of likely N-dealkylation sites (N-methyl/N-ethyl adjacent to an activating group) is 1. The molecular weight excluding hydrogens is 360 g/mol. The zero-order valence-corrected chi connectivity index (χ0v) is 15.6. The molecule has 3 rings (SSSR count). The molecule has 0 aliphatic heterocycles. The third-order valence-electron chi connectivity index (χ3n) is 4.15. The van der Waals surface area contributed by atoms with Crippen LogP contribution in [0.1, 0.15) is 16.9 Å². The maximum Gasteiger partial charge on any atom is 0.269 e. The third kappa shape index (κ3) is 4.63. The molecule has 0 aliphatic carbocycles. The minimum Gasteiger partial charge on any atom is -0.383 e. The number of aliphatic hydroxyl groups is 1. The molecule has 1 aromatic carbocycles. The van der Waals surface area contributed by atoms with Crippen molar-refractivity contribution in [1.29, 1.82) is 0 Å². The van der Waals surface area contributed by atoms with E-state index in [-0.39, 0.29) is 24.6 Å². The molecule has 4 N–H and O–H groups in total. The van der Waals surface area contributed by atoms with Crippen LogP contribution >= 0.6 is 0 Å². The standard InChI is InChI=1S/C19H22N6O3/c1-25(2)19(28)17(26)6-8-21-18(27)16-10-14(5-7-20-16)23-13-3-4-15-12(9-13)11-22-24-15/h3-5,7,9-11,17,26H,6,8H2,1-2H3,(H,20,23)(H,21,27)(H,22,24)/t17-/m1/s1. The fourth-order valence-corrected chi connectivity index (χ4v) is 2.65. The number of anilines is 2. The summed E-state index contributed by atoms with van der Waals surface area (Å²) < 4.78 is 0. The van der Waals surface area contributed by atoms with E-state index in [0.29, 0.717) is 5.69 Å². The van der Waals surface area contributed by atoms with Crippen LogP contribution in [-0.4, -0.2) is 63.7 Å². The van der Waals surface area contributed by atoms with Crippen LogP contribution < -0.4 is 10.6 Å². The predicted octanol–water partition coefficient (Wildman–Crippen LogP) is 1.27. The van der Waals surface area contributed by atoms with E-state index in [1.54, 1.807) is 32.4 Å². The summed E-state index contributed by atoms with van der Waals surface area (Å²) in [5.74, 6) is -0.772. The second kappa shape index (κ2) is 8.49. The normalized spacial score (nSPS) is 11.8. The van der Waals surface area contributed by atoms with Gasteiger partial charge < -0.3 is 20.6 Å². The lowest BCUT2D eigenvalue weighted by molar-refractivity contribution is -0.137. The first-order chi connectivity index (χ1) is 13.4. The van der Waals surface area contributed by atoms with E-state index in [1.165, 1.54) is 11.1 Å². The lowest BCUT2D eigenvalue weighted by Crippen LogP contribution is -2.36. The number of pyridine rings is 1. The lowest BCUT2D eigenvalue weighted by atomic mass is 10.2. The fourth-order valence-electron chi connectivity index (χ4n) is 2.65. The first kappa shape index (κ1) is 19.3. The Morgan fingerprint density at radius 2 is 2.00 bits per heavy atom. The number of carbonyl (C=O) groups is 2. The van der Waals surface area contributed by atoms with Gasteiger partial charge >= 0.3 is 0 Å². The number of hydrogen-bond acceptors (Lipinski definition) is 6. The third-order valence-corrected chi connectivity index (χ3v) is 4.15. The van der Waals surface area contributed by atoms with Gasteiger partial charge in [0.1, 0.15) is 11.8 Å². The largest absolute Gasteiger partial charge is 0.383 e. The Morgan fingerprint density at radius 1 is 1.21 bits per heavy atom. The maximum absolute atomic E-state index is 12.3. The zero-order valence-electron chi connectivity index (χ0n) is 15.6. The van der Waals surface area contributed by atoms with Crippen molar-refractivity contribution in [3.8, 4) is 0 Å². The van der Waals surface area contributed by atoms with Crippen LogP contribution in [-0.2, 0) is 4.79 Å². The Balaban J connectivity index is 1.59. The summed E-state index contributed by atoms with van der Waals surface area (Å²) in [6.45, 7) is 0.163. The van der Waals surface area contributed by atoms with Gasteiger partial charge in [-0.25, -0.2) is 0 Å². The number of nitrogens with one attached hydrogen (secondary N) is 3. The Labute approximate surface area is 161 Å². The average molecular weight is 382 g/mol. The number of H-pyrrole nitrogens is 1. The number of aromatic amines is 1. The Bertz CT molecular complexity index is 984. The summed E-state index contributed by atoms with van der Waals surface area (Å²) in [4.78, 5) is 29.3. The number of hydrogen-bond donors (Lipinski definition) is 4. The number of fused-ring (bicyclic) bond motifs is 1. The Kier molecular flexibility index (Phi) is 5.85. The van der Waals surface area contributed by atoms with Crippen LogP contribution in [0.3, 0.4) is 0 Å². The van der Waals surface area contributed by atoms with Gasteiger partial charge in [0.25, 0.3) is 11.8 Å². The van der Waals surface area contributed by atoms with E-state index in [9.17, 15) is 14.7 Å². The summed E-state index contributed by atoms with van der Waals surface area (Å²) in [5.41, 5.74) is 2.75. The van der Waals surface area contributed by atoms with Crippen molar-refractivity contribution < 1.29 is 14.7 Å². The molecule has 0 radical (unpaired) electrons.